The zero-order valence-electron chi connectivity index (χ0n) is 19.4. The van der Waals surface area contributed by atoms with Gasteiger partial charge < -0.3 is 4.57 Å². The van der Waals surface area contributed by atoms with E-state index in [0.717, 1.165) is 55.5 Å². The lowest BCUT2D eigenvalue weighted by Crippen LogP contribution is -2.22. The van der Waals surface area contributed by atoms with Crippen molar-refractivity contribution in [1.29, 1.82) is 0 Å². The lowest BCUT2D eigenvalue weighted by molar-refractivity contribution is 0.102. The maximum Gasteiger partial charge on any atom is 0.210 e. The molecule has 2 nitrogen and oxygen atoms in total. The van der Waals surface area contributed by atoms with E-state index in [-0.39, 0.29) is 11.2 Å². The third-order valence-electron chi connectivity index (χ3n) is 6.08. The van der Waals surface area contributed by atoms with Crippen LogP contribution in [0.5, 0.6) is 0 Å². The Balaban J connectivity index is 2.17. The molecule has 0 radical (unpaired) electrons. The van der Waals surface area contributed by atoms with Crippen LogP contribution in [0, 0.1) is 17.3 Å². The van der Waals surface area contributed by atoms with Crippen molar-refractivity contribution in [2.75, 3.05) is 0 Å². The van der Waals surface area contributed by atoms with Gasteiger partial charge in [-0.3, -0.25) is 4.79 Å². The van der Waals surface area contributed by atoms with Gasteiger partial charge in [-0.1, -0.05) is 45.1 Å². The number of aryl methyl sites for hydroxylation is 1. The van der Waals surface area contributed by atoms with Crippen LogP contribution in [-0.4, -0.2) is 10.4 Å². The van der Waals surface area contributed by atoms with Crippen LogP contribution >= 0.6 is 11.3 Å². The van der Waals surface area contributed by atoms with Crippen LogP contribution in [0.25, 0.3) is 10.2 Å². The maximum absolute atomic E-state index is 14.1. The van der Waals surface area contributed by atoms with Gasteiger partial charge in [0, 0.05) is 29.5 Å². The van der Waals surface area contributed by atoms with Gasteiger partial charge in [0.25, 0.3) is 0 Å². The number of carbonyl (C=O) groups is 1. The van der Waals surface area contributed by atoms with Crippen LogP contribution in [0.15, 0.2) is 39.8 Å². The van der Waals surface area contributed by atoms with Gasteiger partial charge in [0.15, 0.2) is 0 Å². The van der Waals surface area contributed by atoms with Gasteiger partial charge in [0.2, 0.25) is 5.78 Å². The Morgan fingerprint density at radius 2 is 2.03 bits per heavy atom. The Labute approximate surface area is 186 Å². The number of Topliss-reactive ketones (excluding diaryl/α,β-unsaturated/α-hetero) is 1. The summed E-state index contributed by atoms with van der Waals surface area (Å²) in [6.45, 7) is 14.0. The topological polar surface area (TPSA) is 22.0 Å². The number of rotatable bonds is 6. The minimum absolute atomic E-state index is 0.141. The number of thiophene rings is 1. The second kappa shape index (κ2) is 9.40. The molecule has 2 aromatic rings. The van der Waals surface area contributed by atoms with Gasteiger partial charge in [-0.15, -0.1) is 11.3 Å². The summed E-state index contributed by atoms with van der Waals surface area (Å²) in [5, 5.41) is 3.28. The first-order valence-corrected chi connectivity index (χ1v) is 12.2. The smallest absolute Gasteiger partial charge is 0.210 e. The molecule has 0 saturated carbocycles. The summed E-state index contributed by atoms with van der Waals surface area (Å²) in [6, 6.07) is 4.20. The third-order valence-corrected chi connectivity index (χ3v) is 7.04. The van der Waals surface area contributed by atoms with Crippen LogP contribution in [0.4, 0.5) is 0 Å². The molecule has 0 fully saturated rings. The largest absolute Gasteiger partial charge is 0.330 e. The highest BCUT2D eigenvalue weighted by Gasteiger charge is 2.32. The molecule has 0 N–H and O–H groups in total. The monoisotopic (exact) mass is 421 g/mol. The number of ketones is 1. The Hall–Kier alpha value is -2.05. The molecule has 2 aromatic heterocycles. The number of allylic oxidation sites excluding steroid dienone is 4. The molecular weight excluding hydrogens is 386 g/mol. The summed E-state index contributed by atoms with van der Waals surface area (Å²) in [4.78, 5) is 15.3. The Bertz CT molecular complexity index is 1060. The minimum atomic E-state index is 0.141. The third kappa shape index (κ3) is 4.65. The van der Waals surface area contributed by atoms with E-state index in [1.54, 1.807) is 11.3 Å². The summed E-state index contributed by atoms with van der Waals surface area (Å²) in [7, 11) is 0. The van der Waals surface area contributed by atoms with Crippen LogP contribution in [0.3, 0.4) is 0 Å². The van der Waals surface area contributed by atoms with E-state index in [1.165, 1.54) is 27.8 Å². The van der Waals surface area contributed by atoms with Gasteiger partial charge in [-0.05, 0) is 74.5 Å². The van der Waals surface area contributed by atoms with E-state index >= 15 is 0 Å². The number of aromatic nitrogens is 1. The van der Waals surface area contributed by atoms with Crippen molar-refractivity contribution in [3.8, 4) is 11.8 Å². The molecule has 0 spiro atoms. The first kappa shape index (κ1) is 22.6. The van der Waals surface area contributed by atoms with E-state index < -0.39 is 0 Å². The van der Waals surface area contributed by atoms with E-state index in [4.69, 9.17) is 0 Å². The predicted molar refractivity (Wildman–Crippen MR) is 130 cm³/mol. The summed E-state index contributed by atoms with van der Waals surface area (Å²) in [6.07, 6.45) is 6.07. The van der Waals surface area contributed by atoms with Crippen molar-refractivity contribution in [3.63, 3.8) is 0 Å². The number of nitrogens with zero attached hydrogens (tertiary/aromatic N) is 1. The SMILES string of the molecule is CCCC#C/C(C)=C(/C(=O)c1cc2ccsc2n1CCC)C1=C(C)CCC(C)(C)C1. The number of hydrogen-bond acceptors (Lipinski definition) is 2. The predicted octanol–water partition coefficient (Wildman–Crippen LogP) is 7.94. The number of hydrogen-bond donors (Lipinski definition) is 0. The second-order valence-corrected chi connectivity index (χ2v) is 10.2. The lowest BCUT2D eigenvalue weighted by Gasteiger charge is -2.33. The first-order chi connectivity index (χ1) is 14.3. The van der Waals surface area contributed by atoms with Gasteiger partial charge in [0.1, 0.15) is 4.83 Å². The molecule has 0 aromatic carbocycles. The highest BCUT2D eigenvalue weighted by Crippen LogP contribution is 2.43. The molecule has 0 unspecified atom stereocenters. The Morgan fingerprint density at radius 1 is 1.27 bits per heavy atom. The molecule has 30 heavy (non-hydrogen) atoms. The fraction of sp³-hybridized carbons (Fsp3) is 0.519. The highest BCUT2D eigenvalue weighted by molar-refractivity contribution is 7.16. The van der Waals surface area contributed by atoms with Gasteiger partial charge in [0.05, 0.1) is 5.69 Å². The molecule has 3 heteroatoms. The number of carbonyl (C=O) groups excluding carboxylic acids is 1. The Morgan fingerprint density at radius 3 is 2.73 bits per heavy atom. The quantitative estimate of drug-likeness (QED) is 0.263. The summed E-state index contributed by atoms with van der Waals surface area (Å²) < 4.78 is 2.22. The molecule has 3 rings (SSSR count). The molecule has 0 aliphatic heterocycles. The second-order valence-electron chi connectivity index (χ2n) is 9.34. The standard InChI is InChI=1S/C27H35NOS/c1-7-9-10-11-20(4)24(22-18-27(5,6)14-12-19(22)3)25(29)23-17-21-13-16-30-26(21)28(23)15-8-2/h13,16-17H,7-9,12,14-15,18H2,1-6H3/b24-20+. The molecule has 1 aliphatic rings. The van der Waals surface area contributed by atoms with Crippen molar-refractivity contribution in [2.45, 2.75) is 86.6 Å². The van der Waals surface area contributed by atoms with E-state index in [1.807, 2.05) is 6.92 Å². The van der Waals surface area contributed by atoms with E-state index in [2.05, 4.69) is 68.5 Å². The van der Waals surface area contributed by atoms with Crippen molar-refractivity contribution in [2.24, 2.45) is 5.41 Å². The van der Waals surface area contributed by atoms with Crippen LogP contribution in [0.1, 0.15) is 90.6 Å². The molecule has 1 aliphatic carbocycles. The average Bonchev–Trinajstić information content (AvgIpc) is 3.28. The van der Waals surface area contributed by atoms with Gasteiger partial charge in [-0.25, -0.2) is 0 Å². The molecule has 0 saturated heterocycles. The molecule has 0 atom stereocenters. The first-order valence-electron chi connectivity index (χ1n) is 11.3. The summed E-state index contributed by atoms with van der Waals surface area (Å²) in [5.74, 6) is 6.74. The molecule has 0 amide bonds. The van der Waals surface area contributed by atoms with Crippen LogP contribution in [0.2, 0.25) is 0 Å². The number of unbranched alkanes of at least 4 members (excludes halogenated alkanes) is 1. The highest BCUT2D eigenvalue weighted by atomic mass is 32.1. The molecule has 2 heterocycles. The van der Waals surface area contributed by atoms with Crippen molar-refractivity contribution in [3.05, 3.63) is 45.5 Å². The van der Waals surface area contributed by atoms with E-state index in [0.29, 0.717) is 0 Å². The summed E-state index contributed by atoms with van der Waals surface area (Å²) >= 11 is 1.72. The average molecular weight is 422 g/mol. The lowest BCUT2D eigenvalue weighted by atomic mass is 9.71. The normalized spacial score (nSPS) is 17.0. The fourth-order valence-corrected chi connectivity index (χ4v) is 5.27. The zero-order valence-corrected chi connectivity index (χ0v) is 20.3. The molecule has 0 bridgehead atoms. The minimum Gasteiger partial charge on any atom is -0.330 e. The van der Waals surface area contributed by atoms with Crippen LogP contribution in [-0.2, 0) is 6.54 Å². The van der Waals surface area contributed by atoms with Crippen molar-refractivity contribution in [1.82, 2.24) is 4.57 Å². The molecule has 160 valence electrons. The van der Waals surface area contributed by atoms with Gasteiger partial charge in [-0.2, -0.15) is 0 Å². The van der Waals surface area contributed by atoms with Crippen molar-refractivity contribution >= 4 is 27.3 Å². The zero-order chi connectivity index (χ0) is 21.9. The number of fused-ring (bicyclic) bond motifs is 1. The summed E-state index contributed by atoms with van der Waals surface area (Å²) in [5.41, 5.74) is 5.38. The van der Waals surface area contributed by atoms with Gasteiger partial charge >= 0.3 is 0 Å². The maximum atomic E-state index is 14.1. The van der Waals surface area contributed by atoms with Crippen LogP contribution < -0.4 is 0 Å². The van der Waals surface area contributed by atoms with Crippen molar-refractivity contribution < 1.29 is 4.79 Å². The fourth-order valence-electron chi connectivity index (χ4n) is 4.35. The Kier molecular flexibility index (Phi) is 7.09. The molecular formula is C27H35NOS. The van der Waals surface area contributed by atoms with E-state index in [9.17, 15) is 4.79 Å².